The van der Waals surface area contributed by atoms with Gasteiger partial charge in [-0.15, -0.1) is 13.2 Å². The highest BCUT2D eigenvalue weighted by molar-refractivity contribution is 6.07. The second-order valence-electron chi connectivity index (χ2n) is 40.7. The van der Waals surface area contributed by atoms with Gasteiger partial charge >= 0.3 is 6.36 Å². The van der Waals surface area contributed by atoms with E-state index >= 15 is 0 Å². The monoisotopic (exact) mass is 1850 g/mol. The Morgan fingerprint density at radius 2 is 0.659 bits per heavy atom. The van der Waals surface area contributed by atoms with Crippen molar-refractivity contribution in [3.63, 3.8) is 0 Å². The molecular weight excluding hydrogens is 1710 g/mol. The fourth-order valence-electron chi connectivity index (χ4n) is 18.0. The number of ether oxygens (including phenoxy) is 4. The minimum atomic E-state index is -4.78. The Labute approximate surface area is 796 Å². The summed E-state index contributed by atoms with van der Waals surface area (Å²) in [5.41, 5.74) is 20.4. The lowest BCUT2D eigenvalue weighted by Crippen LogP contribution is -2.20. The van der Waals surface area contributed by atoms with E-state index in [2.05, 4.69) is 120 Å². The third kappa shape index (κ3) is 29.2. The average molecular weight is 1850 g/mol. The molecule has 0 aliphatic heterocycles. The molecule has 4 N–H and O–H groups in total. The first-order valence-corrected chi connectivity index (χ1v) is 48.3. The number of carbonyl (C=O) groups excluding carboxylic acids is 5. The molecule has 20 heteroatoms. The number of nitrogens with zero attached hydrogens (tertiary/aromatic N) is 1. The number of ketones is 1. The lowest BCUT2D eigenvalue weighted by Gasteiger charge is -2.21. The van der Waals surface area contributed by atoms with Gasteiger partial charge in [0.2, 0.25) is 0 Å². The summed E-state index contributed by atoms with van der Waals surface area (Å²) in [6.45, 7) is 27.1. The van der Waals surface area contributed by atoms with E-state index in [-0.39, 0.29) is 74.6 Å². The van der Waals surface area contributed by atoms with Crippen LogP contribution in [-0.4, -0.2) is 70.7 Å². The van der Waals surface area contributed by atoms with Gasteiger partial charge in [-0.25, -0.2) is 13.2 Å². The maximum Gasteiger partial charge on any atom is 0.573 e. The third-order valence-corrected chi connectivity index (χ3v) is 25.8. The number of Topliss-reactive ketones (excluding diaryl/α,β-unsaturated/α-hetero) is 1. The zero-order valence-corrected chi connectivity index (χ0v) is 82.4. The minimum absolute atomic E-state index is 0.0216. The van der Waals surface area contributed by atoms with Crippen LogP contribution in [-0.2, 0) is 92.3 Å². The van der Waals surface area contributed by atoms with E-state index in [4.69, 9.17) is 14.2 Å². The van der Waals surface area contributed by atoms with E-state index in [0.29, 0.717) is 57.8 Å². The minimum Gasteiger partial charge on any atom is -0.495 e. The Morgan fingerprint density at radius 1 is 0.341 bits per heavy atom. The molecule has 10 aromatic rings. The fourth-order valence-corrected chi connectivity index (χ4v) is 18.0. The van der Waals surface area contributed by atoms with Gasteiger partial charge in [0.1, 0.15) is 40.4 Å². The van der Waals surface area contributed by atoms with Crippen molar-refractivity contribution in [2.24, 2.45) is 0 Å². The van der Waals surface area contributed by atoms with Crippen LogP contribution in [0.2, 0.25) is 0 Å². The lowest BCUT2D eigenvalue weighted by molar-refractivity contribution is -0.275. The van der Waals surface area contributed by atoms with Gasteiger partial charge < -0.3 is 45.1 Å². The van der Waals surface area contributed by atoms with Crippen LogP contribution in [0.5, 0.6) is 23.0 Å². The largest absolute Gasteiger partial charge is 0.573 e. The molecule has 5 aliphatic carbocycles. The number of fused-ring (bicyclic) bond motifs is 5. The van der Waals surface area contributed by atoms with Gasteiger partial charge in [-0.1, -0.05) is 183 Å². The molecule has 0 fully saturated rings. The number of aryl methyl sites for hydroxylation is 9. The van der Waals surface area contributed by atoms with Crippen LogP contribution in [0, 0.1) is 17.5 Å². The van der Waals surface area contributed by atoms with Crippen LogP contribution in [0.25, 0.3) is 0 Å². The van der Waals surface area contributed by atoms with Gasteiger partial charge in [0.05, 0.1) is 43.6 Å². The van der Waals surface area contributed by atoms with Crippen molar-refractivity contribution in [2.45, 2.75) is 291 Å². The summed E-state index contributed by atoms with van der Waals surface area (Å²) >= 11 is 0. The Hall–Kier alpha value is -11.7. The third-order valence-electron chi connectivity index (χ3n) is 25.8. The normalized spacial score (nSPS) is 14.3. The summed E-state index contributed by atoms with van der Waals surface area (Å²) < 4.78 is 104. The number of nitrogens with one attached hydrogen (secondary N) is 4. The van der Waals surface area contributed by atoms with Crippen LogP contribution >= 0.6 is 0 Å². The first-order valence-electron chi connectivity index (χ1n) is 48.3. The quantitative estimate of drug-likeness (QED) is 0.0368. The number of carbonyl (C=O) groups is 5. The Morgan fingerprint density at radius 3 is 1.01 bits per heavy atom. The topological polar surface area (TPSA) is 174 Å². The second-order valence-corrected chi connectivity index (χ2v) is 40.7. The number of anilines is 5. The van der Waals surface area contributed by atoms with Crippen molar-refractivity contribution in [3.05, 3.63) is 299 Å². The number of methoxy groups -OCH3 is 2. The predicted molar refractivity (Wildman–Crippen MR) is 535 cm³/mol. The predicted octanol–water partition coefficient (Wildman–Crippen LogP) is 28.6. The Kier molecular flexibility index (Phi) is 35.9. The molecule has 0 saturated heterocycles. The smallest absolute Gasteiger partial charge is 0.495 e. The first-order chi connectivity index (χ1) is 64.0. The van der Waals surface area contributed by atoms with Gasteiger partial charge in [0.15, 0.2) is 5.78 Å². The van der Waals surface area contributed by atoms with Gasteiger partial charge in [-0.05, 0) is 338 Å². The van der Waals surface area contributed by atoms with Crippen molar-refractivity contribution in [3.8, 4) is 23.0 Å². The van der Waals surface area contributed by atoms with Crippen LogP contribution < -0.4 is 45.1 Å². The summed E-state index contributed by atoms with van der Waals surface area (Å²) in [5.74, 6) is -1.12. The van der Waals surface area contributed by atoms with E-state index in [1.165, 1.54) is 95.9 Å². The molecule has 0 saturated carbocycles. The highest BCUT2D eigenvalue weighted by Gasteiger charge is 2.35. The molecule has 0 heterocycles. The van der Waals surface area contributed by atoms with Crippen molar-refractivity contribution in [2.75, 3.05) is 61.1 Å². The van der Waals surface area contributed by atoms with E-state index < -0.39 is 29.3 Å². The van der Waals surface area contributed by atoms with E-state index in [9.17, 15) is 50.3 Å². The summed E-state index contributed by atoms with van der Waals surface area (Å²) in [4.78, 5) is 65.5. The number of benzene rings is 10. The van der Waals surface area contributed by atoms with E-state index in [0.717, 1.165) is 172 Å². The molecule has 135 heavy (non-hydrogen) atoms. The molecule has 5 aliphatic rings. The van der Waals surface area contributed by atoms with Gasteiger partial charge in [-0.2, -0.15) is 0 Å². The van der Waals surface area contributed by atoms with Crippen LogP contribution in [0.4, 0.5) is 54.8 Å². The summed E-state index contributed by atoms with van der Waals surface area (Å²) in [5, 5.41) is 11.6. The van der Waals surface area contributed by atoms with Crippen molar-refractivity contribution in [1.82, 2.24) is 0 Å². The molecule has 720 valence electrons. The fraction of sp³-hybridized carbons (Fsp3) is 0.435. The van der Waals surface area contributed by atoms with Crippen LogP contribution in [0.1, 0.15) is 328 Å². The summed E-state index contributed by atoms with van der Waals surface area (Å²) in [6.07, 6.45) is 22.5. The second kappa shape index (κ2) is 46.7. The van der Waals surface area contributed by atoms with Gasteiger partial charge in [0, 0.05) is 65.1 Å². The zero-order valence-electron chi connectivity index (χ0n) is 82.4. The van der Waals surface area contributed by atoms with E-state index in [1.54, 1.807) is 71.4 Å². The molecule has 14 nitrogen and oxygen atoms in total. The number of alkyl halides is 3. The van der Waals surface area contributed by atoms with Crippen LogP contribution in [0.15, 0.2) is 170 Å². The molecule has 0 bridgehead atoms. The molecule has 10 aromatic carbocycles. The maximum atomic E-state index is 14.5. The average Bonchev–Trinajstić information content (AvgIpc) is 1.66. The number of hydrogen-bond acceptors (Lipinski definition) is 10. The number of hydrogen-bond donors (Lipinski definition) is 4. The molecule has 15 rings (SSSR count). The van der Waals surface area contributed by atoms with Crippen molar-refractivity contribution >= 4 is 57.8 Å². The first kappa shape index (κ1) is 104. The number of rotatable bonds is 18. The molecule has 4 amide bonds. The summed E-state index contributed by atoms with van der Waals surface area (Å²) in [6, 6.07) is 51.7. The number of amides is 4. The van der Waals surface area contributed by atoms with Crippen LogP contribution in [0.3, 0.4) is 0 Å². The molecule has 0 spiro atoms. The zero-order chi connectivity index (χ0) is 97.7. The molecule has 0 atom stereocenters. The molecular formula is C115H139F6N5O9. The Bertz CT molecular complexity index is 5730. The number of halogens is 6. The highest BCUT2D eigenvalue weighted by atomic mass is 19.4. The SMILES string of the molecule is CC(C)(C)c1ccc(C(=O)Cc2ccc3c(c2OC(F)(F)F)CCCCC3)cc1.CC(C)(C)c1ccc(C(=O)Nc2cc3c(cc2F)CCCCC3)cc1.CCCOc1cc2c(cc1NC(=O)c1ccc(C(C)(C)C)cc1)CCCCC2.COc1cc2c(cc1NC(=O)c1cc(F)c(C(C)(C)C)c(F)c1)CCCCC2.COc1cc2c(cc1NC(=O)c1ccc(N(C)C)cc1)CCCCC2. The van der Waals surface area contributed by atoms with Crippen molar-refractivity contribution < 1.29 is 69.3 Å². The highest BCUT2D eigenvalue weighted by Crippen LogP contribution is 2.41. The molecule has 0 unspecified atom stereocenters. The Balaban J connectivity index is 0.000000162. The maximum absolute atomic E-state index is 14.5. The van der Waals surface area contributed by atoms with E-state index in [1.807, 2.05) is 116 Å². The lowest BCUT2D eigenvalue weighted by atomic mass is 9.85. The van der Waals surface area contributed by atoms with Crippen molar-refractivity contribution in [1.29, 1.82) is 0 Å². The molecule has 0 aromatic heterocycles. The standard InChI is InChI=1S/C25H33NO2.C24H27F3O2.C23H27F2NO2.C22H26FNO.C21H26N2O2/c1-5-15-28-23-17-20-10-8-6-7-9-19(20)16-22(23)26-24(27)18-11-13-21(14-12-18)25(2,3)4;1-23(2,3)19-13-11-17(12-14-19)21(28)15-18-10-9-16-7-5-4-6-8-20(16)22(18)29-24(25,26)27;1-23(2,3)21-17(24)10-16(11-18(21)25)22(27)26-19-12-14-8-6-5-7-9-15(14)13-20(19)28-4;1-22(2,3)18-11-9-15(10-12-18)21(25)24-20-14-17-8-6-4-5-7-16(17)13-19(20)23;1-23(2)18-11-9-15(10-12-18)21(24)22-19-13-16-7-5-4-6-8-17(16)14-20(19)25-3/h11-14,16-17H,5-10,15H2,1-4H3,(H,26,27);9-14H,4-8,15H2,1-3H3;10-13H,5-9H2,1-4H3,(H,26,27);9-14H,4-8H2,1-3H3,(H,24,25);9-14H,4-8H2,1-3H3,(H,22,24). The van der Waals surface area contributed by atoms with Gasteiger partial charge in [0.25, 0.3) is 23.6 Å². The van der Waals surface area contributed by atoms with Gasteiger partial charge in [-0.3, -0.25) is 24.0 Å². The molecule has 0 radical (unpaired) electrons. The summed E-state index contributed by atoms with van der Waals surface area (Å²) in [7, 11) is 7.16.